The summed E-state index contributed by atoms with van der Waals surface area (Å²) in [7, 11) is 2.23. The molecule has 3 heterocycles. The van der Waals surface area contributed by atoms with Crippen molar-refractivity contribution in [3.63, 3.8) is 0 Å². The number of rotatable bonds is 2. The highest BCUT2D eigenvalue weighted by Gasteiger charge is 2.41. The standard InChI is InChI=1S/C20H27N3S/c1-13-5-7-16(21-12-13)14-6-8-18-17(11-14)22-19(24-18)15-9-10-23(4)20(15,2)3/h6,8,11,13,15H,5,7,9-10,12H2,1-4H3. The number of aliphatic imine (C=N–C) groups is 1. The van der Waals surface area contributed by atoms with Gasteiger partial charge in [0, 0.05) is 23.7 Å². The SMILES string of the molecule is CC1CCC(c2ccc3sc(C4CCN(C)C4(C)C)nc3c2)=NC1. The zero-order chi connectivity index (χ0) is 16.9. The van der Waals surface area contributed by atoms with Crippen molar-refractivity contribution in [2.45, 2.75) is 51.5 Å². The third kappa shape index (κ3) is 2.70. The lowest BCUT2D eigenvalue weighted by Gasteiger charge is -2.32. The van der Waals surface area contributed by atoms with E-state index in [0.29, 0.717) is 5.92 Å². The highest BCUT2D eigenvalue weighted by molar-refractivity contribution is 7.18. The van der Waals surface area contributed by atoms with E-state index in [1.54, 1.807) is 0 Å². The topological polar surface area (TPSA) is 28.5 Å². The van der Waals surface area contributed by atoms with Gasteiger partial charge in [-0.1, -0.05) is 13.0 Å². The molecule has 2 aliphatic rings. The number of nitrogens with zero attached hydrogens (tertiary/aromatic N) is 3. The number of likely N-dealkylation sites (tertiary alicyclic amines) is 1. The number of hydrogen-bond acceptors (Lipinski definition) is 4. The molecule has 0 spiro atoms. The summed E-state index contributed by atoms with van der Waals surface area (Å²) in [5, 5.41) is 1.30. The van der Waals surface area contributed by atoms with Gasteiger partial charge in [-0.25, -0.2) is 4.98 Å². The van der Waals surface area contributed by atoms with E-state index in [1.165, 1.54) is 33.8 Å². The minimum atomic E-state index is 0.195. The molecule has 24 heavy (non-hydrogen) atoms. The highest BCUT2D eigenvalue weighted by Crippen LogP contribution is 2.43. The average Bonchev–Trinajstić information content (AvgIpc) is 3.08. The molecule has 4 heteroatoms. The fraction of sp³-hybridized carbons (Fsp3) is 0.600. The molecule has 128 valence electrons. The van der Waals surface area contributed by atoms with Crippen molar-refractivity contribution < 1.29 is 0 Å². The maximum atomic E-state index is 5.03. The van der Waals surface area contributed by atoms with E-state index in [0.717, 1.165) is 30.9 Å². The van der Waals surface area contributed by atoms with E-state index in [-0.39, 0.29) is 5.54 Å². The largest absolute Gasteiger partial charge is 0.301 e. The Morgan fingerprint density at radius 1 is 1.25 bits per heavy atom. The molecule has 1 fully saturated rings. The number of fused-ring (bicyclic) bond motifs is 1. The van der Waals surface area contributed by atoms with Crippen molar-refractivity contribution >= 4 is 27.3 Å². The van der Waals surface area contributed by atoms with Gasteiger partial charge in [0.2, 0.25) is 0 Å². The summed E-state index contributed by atoms with van der Waals surface area (Å²) in [6, 6.07) is 6.75. The van der Waals surface area contributed by atoms with Crippen LogP contribution in [0.15, 0.2) is 23.2 Å². The van der Waals surface area contributed by atoms with Crippen molar-refractivity contribution in [2.75, 3.05) is 20.1 Å². The molecular formula is C20H27N3S. The van der Waals surface area contributed by atoms with Crippen LogP contribution >= 0.6 is 11.3 Å². The van der Waals surface area contributed by atoms with Gasteiger partial charge in [0.15, 0.2) is 0 Å². The molecule has 0 aliphatic carbocycles. The predicted octanol–water partition coefficient (Wildman–Crippen LogP) is 4.71. The van der Waals surface area contributed by atoms with Crippen LogP contribution in [0.1, 0.15) is 56.5 Å². The van der Waals surface area contributed by atoms with Gasteiger partial charge in [-0.05, 0) is 70.3 Å². The second-order valence-corrected chi connectivity index (χ2v) is 9.14. The minimum Gasteiger partial charge on any atom is -0.301 e. The summed E-state index contributed by atoms with van der Waals surface area (Å²) in [5.41, 5.74) is 3.89. The average molecular weight is 342 g/mol. The van der Waals surface area contributed by atoms with Crippen molar-refractivity contribution in [2.24, 2.45) is 10.9 Å². The summed E-state index contributed by atoms with van der Waals surface area (Å²) < 4.78 is 1.31. The fourth-order valence-electron chi connectivity index (χ4n) is 3.98. The van der Waals surface area contributed by atoms with Crippen LogP contribution < -0.4 is 0 Å². The zero-order valence-corrected chi connectivity index (χ0v) is 16.0. The highest BCUT2D eigenvalue weighted by atomic mass is 32.1. The Morgan fingerprint density at radius 3 is 2.75 bits per heavy atom. The van der Waals surface area contributed by atoms with Gasteiger partial charge < -0.3 is 4.90 Å². The summed E-state index contributed by atoms with van der Waals surface area (Å²) >= 11 is 1.88. The number of likely N-dealkylation sites (N-methyl/N-ethyl adjacent to an activating group) is 1. The monoisotopic (exact) mass is 341 g/mol. The first kappa shape index (κ1) is 16.2. The first-order chi connectivity index (χ1) is 11.4. The smallest absolute Gasteiger partial charge is 0.0988 e. The van der Waals surface area contributed by atoms with Crippen LogP contribution in [-0.2, 0) is 0 Å². The summed E-state index contributed by atoms with van der Waals surface area (Å²) in [5.74, 6) is 1.26. The third-order valence-corrected chi connectivity index (χ3v) is 7.24. The van der Waals surface area contributed by atoms with E-state index in [2.05, 4.69) is 50.9 Å². The number of hydrogen-bond donors (Lipinski definition) is 0. The Labute approximate surface area is 148 Å². The molecule has 0 saturated carbocycles. The first-order valence-corrected chi connectivity index (χ1v) is 9.92. The number of benzene rings is 1. The Morgan fingerprint density at radius 2 is 2.08 bits per heavy atom. The van der Waals surface area contributed by atoms with Crippen LogP contribution in [0, 0.1) is 5.92 Å². The lowest BCUT2D eigenvalue weighted by Crippen LogP contribution is -2.38. The van der Waals surface area contributed by atoms with E-state index >= 15 is 0 Å². The Hall–Kier alpha value is -1.26. The first-order valence-electron chi connectivity index (χ1n) is 9.10. The molecule has 1 saturated heterocycles. The Kier molecular flexibility index (Phi) is 4.00. The van der Waals surface area contributed by atoms with Crippen molar-refractivity contribution in [1.82, 2.24) is 9.88 Å². The molecule has 0 N–H and O–H groups in total. The van der Waals surface area contributed by atoms with Gasteiger partial charge in [0.25, 0.3) is 0 Å². The molecule has 2 aliphatic heterocycles. The van der Waals surface area contributed by atoms with E-state index < -0.39 is 0 Å². The van der Waals surface area contributed by atoms with E-state index in [9.17, 15) is 0 Å². The van der Waals surface area contributed by atoms with Gasteiger partial charge in [-0.3, -0.25) is 4.99 Å². The van der Waals surface area contributed by atoms with Crippen molar-refractivity contribution in [3.8, 4) is 0 Å². The Balaban J connectivity index is 1.67. The van der Waals surface area contributed by atoms with Gasteiger partial charge in [0.05, 0.1) is 15.2 Å². The van der Waals surface area contributed by atoms with Crippen molar-refractivity contribution in [3.05, 3.63) is 28.8 Å². The molecule has 1 aromatic heterocycles. The molecule has 2 unspecified atom stereocenters. The normalized spacial score (nSPS) is 27.6. The van der Waals surface area contributed by atoms with Gasteiger partial charge in [0.1, 0.15) is 0 Å². The predicted molar refractivity (Wildman–Crippen MR) is 103 cm³/mol. The maximum absolute atomic E-state index is 5.03. The summed E-state index contributed by atoms with van der Waals surface area (Å²) in [6.07, 6.45) is 3.56. The lowest BCUT2D eigenvalue weighted by molar-refractivity contribution is 0.201. The molecular weight excluding hydrogens is 314 g/mol. The van der Waals surface area contributed by atoms with E-state index in [1.807, 2.05) is 11.3 Å². The van der Waals surface area contributed by atoms with Crippen LogP contribution in [0.4, 0.5) is 0 Å². The molecule has 2 aromatic rings. The van der Waals surface area contributed by atoms with Gasteiger partial charge >= 0.3 is 0 Å². The zero-order valence-electron chi connectivity index (χ0n) is 15.2. The third-order valence-electron chi connectivity index (χ3n) is 6.09. The van der Waals surface area contributed by atoms with Crippen LogP contribution in [0.25, 0.3) is 10.2 Å². The Bertz CT molecular complexity index is 789. The van der Waals surface area contributed by atoms with Crippen LogP contribution in [0.3, 0.4) is 0 Å². The molecule has 4 rings (SSSR count). The van der Waals surface area contributed by atoms with Crippen LogP contribution in [0.5, 0.6) is 0 Å². The quantitative estimate of drug-likeness (QED) is 0.791. The van der Waals surface area contributed by atoms with E-state index in [4.69, 9.17) is 9.98 Å². The molecule has 3 nitrogen and oxygen atoms in total. The van der Waals surface area contributed by atoms with Gasteiger partial charge in [-0.2, -0.15) is 0 Å². The maximum Gasteiger partial charge on any atom is 0.0988 e. The fourth-order valence-corrected chi connectivity index (χ4v) is 5.25. The van der Waals surface area contributed by atoms with Crippen LogP contribution in [-0.4, -0.2) is 41.3 Å². The number of aromatic nitrogens is 1. The molecule has 0 bridgehead atoms. The summed E-state index contributed by atoms with van der Waals surface area (Å²) in [4.78, 5) is 12.3. The number of thiazole rings is 1. The van der Waals surface area contributed by atoms with Crippen LogP contribution in [0.2, 0.25) is 0 Å². The molecule has 0 amide bonds. The second-order valence-electron chi connectivity index (χ2n) is 8.08. The second kappa shape index (κ2) is 5.92. The molecule has 0 radical (unpaired) electrons. The summed E-state index contributed by atoms with van der Waals surface area (Å²) in [6.45, 7) is 9.11. The van der Waals surface area contributed by atoms with Crippen molar-refractivity contribution in [1.29, 1.82) is 0 Å². The lowest BCUT2D eigenvalue weighted by atomic mass is 9.89. The molecule has 1 aromatic carbocycles. The molecule has 2 atom stereocenters. The van der Waals surface area contributed by atoms with Gasteiger partial charge in [-0.15, -0.1) is 11.3 Å². The minimum absolute atomic E-state index is 0.195.